The Labute approximate surface area is 59.0 Å². The zero-order valence-electron chi connectivity index (χ0n) is 5.66. The summed E-state index contributed by atoms with van der Waals surface area (Å²) in [5.74, 6) is 0. The van der Waals surface area contributed by atoms with Crippen LogP contribution in [0.4, 0.5) is 0 Å². The van der Waals surface area contributed by atoms with Gasteiger partial charge in [0.1, 0.15) is 0 Å². The number of nitrogens with zero attached hydrogens (tertiary/aromatic N) is 1. The van der Waals surface area contributed by atoms with E-state index in [-0.39, 0.29) is 5.72 Å². The van der Waals surface area contributed by atoms with E-state index in [4.69, 9.17) is 4.84 Å². The summed E-state index contributed by atoms with van der Waals surface area (Å²) in [6.45, 7) is 1.96. The minimum atomic E-state index is -0.270. The summed E-state index contributed by atoms with van der Waals surface area (Å²) < 4.78 is 0. The van der Waals surface area contributed by atoms with Gasteiger partial charge in [0, 0.05) is 18.0 Å². The van der Waals surface area contributed by atoms with Crippen molar-refractivity contribution in [3.8, 4) is 0 Å². The molecule has 0 radical (unpaired) electrons. The van der Waals surface area contributed by atoms with Crippen molar-refractivity contribution in [3.63, 3.8) is 0 Å². The Morgan fingerprint density at radius 2 is 2.50 bits per heavy atom. The lowest BCUT2D eigenvalue weighted by Gasteiger charge is -1.99. The monoisotopic (exact) mass is 136 g/mol. The second-order valence-electron chi connectivity index (χ2n) is 2.48. The van der Waals surface area contributed by atoms with E-state index in [9.17, 15) is 0 Å². The lowest BCUT2D eigenvalue weighted by Crippen LogP contribution is -2.05. The molecule has 0 saturated carbocycles. The van der Waals surface area contributed by atoms with Gasteiger partial charge in [0.25, 0.3) is 0 Å². The van der Waals surface area contributed by atoms with Gasteiger partial charge in [-0.2, -0.15) is 5.48 Å². The summed E-state index contributed by atoms with van der Waals surface area (Å²) in [6.07, 6.45) is 3.54. The van der Waals surface area contributed by atoms with E-state index in [1.807, 2.05) is 19.1 Å². The third kappa shape index (κ3) is 0.798. The molecule has 2 rings (SSSR count). The van der Waals surface area contributed by atoms with E-state index in [0.717, 1.165) is 5.56 Å². The first kappa shape index (κ1) is 5.82. The topological polar surface area (TPSA) is 47.4 Å². The third-order valence-corrected chi connectivity index (χ3v) is 1.62. The largest absolute Gasteiger partial charge is 0.270 e. The Bertz CT molecular complexity index is 231. The Hall–Kier alpha value is -0.930. The van der Waals surface area contributed by atoms with Gasteiger partial charge in [0.2, 0.25) is 0 Å². The zero-order valence-corrected chi connectivity index (χ0v) is 5.66. The number of rotatable bonds is 1. The van der Waals surface area contributed by atoms with Crippen molar-refractivity contribution < 1.29 is 4.84 Å². The van der Waals surface area contributed by atoms with E-state index in [2.05, 4.69) is 10.5 Å². The van der Waals surface area contributed by atoms with Crippen LogP contribution in [-0.2, 0) is 10.6 Å². The van der Waals surface area contributed by atoms with Gasteiger partial charge in [-0.3, -0.25) is 9.82 Å². The predicted molar refractivity (Wildman–Crippen MR) is 35.8 cm³/mol. The maximum absolute atomic E-state index is 4.99. The van der Waals surface area contributed by atoms with Gasteiger partial charge >= 0.3 is 0 Å². The van der Waals surface area contributed by atoms with Crippen LogP contribution in [0.2, 0.25) is 0 Å². The summed E-state index contributed by atoms with van der Waals surface area (Å²) in [6, 6.07) is 3.87. The summed E-state index contributed by atoms with van der Waals surface area (Å²) in [7, 11) is 0. The van der Waals surface area contributed by atoms with Crippen molar-refractivity contribution in [3.05, 3.63) is 30.1 Å². The summed E-state index contributed by atoms with van der Waals surface area (Å²) in [5.41, 5.74) is 3.58. The van der Waals surface area contributed by atoms with Crippen LogP contribution in [0.15, 0.2) is 24.5 Å². The first-order valence-corrected chi connectivity index (χ1v) is 3.17. The SMILES string of the molecule is CC1(c2cccnc2)NO1. The molecular formula is C7H8N2O. The van der Waals surface area contributed by atoms with Gasteiger partial charge in [-0.25, -0.2) is 0 Å². The molecule has 3 nitrogen and oxygen atoms in total. The van der Waals surface area contributed by atoms with Crippen molar-refractivity contribution in [2.24, 2.45) is 0 Å². The van der Waals surface area contributed by atoms with Gasteiger partial charge in [0.05, 0.1) is 0 Å². The number of aromatic nitrogens is 1. The molecule has 1 aromatic rings. The summed E-state index contributed by atoms with van der Waals surface area (Å²) >= 11 is 0. The van der Waals surface area contributed by atoms with Crippen LogP contribution < -0.4 is 5.48 Å². The number of hydrogen-bond acceptors (Lipinski definition) is 3. The minimum absolute atomic E-state index is 0.270. The lowest BCUT2D eigenvalue weighted by atomic mass is 10.1. The van der Waals surface area contributed by atoms with Gasteiger partial charge in [0.15, 0.2) is 5.72 Å². The van der Waals surface area contributed by atoms with Gasteiger partial charge in [-0.15, -0.1) is 0 Å². The summed E-state index contributed by atoms with van der Waals surface area (Å²) in [4.78, 5) is 8.96. The Kier molecular flexibility index (Phi) is 1.03. The second-order valence-corrected chi connectivity index (χ2v) is 2.48. The standard InChI is InChI=1S/C7H8N2O/c1-7(9-10-7)6-3-2-4-8-5-6/h2-5,9H,1H3. The summed E-state index contributed by atoms with van der Waals surface area (Å²) in [5, 5.41) is 0. The van der Waals surface area contributed by atoms with E-state index in [0.29, 0.717) is 0 Å². The predicted octanol–water partition coefficient (Wildman–Crippen LogP) is 0.789. The van der Waals surface area contributed by atoms with E-state index < -0.39 is 0 Å². The van der Waals surface area contributed by atoms with E-state index in [1.165, 1.54) is 0 Å². The fourth-order valence-electron chi connectivity index (χ4n) is 0.839. The number of nitrogens with one attached hydrogen (secondary N) is 1. The van der Waals surface area contributed by atoms with E-state index in [1.54, 1.807) is 12.4 Å². The van der Waals surface area contributed by atoms with Gasteiger partial charge in [-0.1, -0.05) is 6.07 Å². The molecule has 0 aliphatic carbocycles. The highest BCUT2D eigenvalue weighted by Crippen LogP contribution is 2.30. The number of pyridine rings is 1. The van der Waals surface area contributed by atoms with Crippen molar-refractivity contribution in [1.29, 1.82) is 0 Å². The molecule has 1 aliphatic rings. The lowest BCUT2D eigenvalue weighted by molar-refractivity contribution is 0.311. The molecule has 10 heavy (non-hydrogen) atoms. The quantitative estimate of drug-likeness (QED) is 0.580. The molecule has 52 valence electrons. The van der Waals surface area contributed by atoms with Crippen LogP contribution in [-0.4, -0.2) is 4.98 Å². The first-order chi connectivity index (χ1) is 4.81. The zero-order chi connectivity index (χ0) is 7.03. The third-order valence-electron chi connectivity index (χ3n) is 1.62. The van der Waals surface area contributed by atoms with Crippen molar-refractivity contribution in [1.82, 2.24) is 10.5 Å². The molecule has 3 heteroatoms. The smallest absolute Gasteiger partial charge is 0.185 e. The van der Waals surface area contributed by atoms with Crippen LogP contribution >= 0.6 is 0 Å². The molecule has 1 aliphatic heterocycles. The molecule has 2 heterocycles. The van der Waals surface area contributed by atoms with Crippen LogP contribution in [0.25, 0.3) is 0 Å². The van der Waals surface area contributed by atoms with Crippen LogP contribution in [0.3, 0.4) is 0 Å². The molecule has 1 fully saturated rings. The average Bonchev–Trinajstić information content (AvgIpc) is 2.72. The van der Waals surface area contributed by atoms with Crippen molar-refractivity contribution in [2.45, 2.75) is 12.6 Å². The van der Waals surface area contributed by atoms with Gasteiger partial charge < -0.3 is 0 Å². The second kappa shape index (κ2) is 1.78. The maximum Gasteiger partial charge on any atom is 0.185 e. The fourth-order valence-corrected chi connectivity index (χ4v) is 0.839. The molecule has 0 spiro atoms. The molecular weight excluding hydrogens is 128 g/mol. The Balaban J connectivity index is 2.35. The highest BCUT2D eigenvalue weighted by Gasteiger charge is 2.41. The number of hydrogen-bond donors (Lipinski definition) is 1. The number of hydroxylamine groups is 1. The van der Waals surface area contributed by atoms with Crippen LogP contribution in [0.5, 0.6) is 0 Å². The molecule has 1 N–H and O–H groups in total. The van der Waals surface area contributed by atoms with Crippen LogP contribution in [0, 0.1) is 0 Å². The average molecular weight is 136 g/mol. The molecule has 1 unspecified atom stereocenters. The minimum Gasteiger partial charge on any atom is -0.270 e. The van der Waals surface area contributed by atoms with E-state index >= 15 is 0 Å². The molecule has 0 aromatic carbocycles. The van der Waals surface area contributed by atoms with Crippen LogP contribution in [0.1, 0.15) is 12.5 Å². The Morgan fingerprint density at radius 3 is 3.00 bits per heavy atom. The first-order valence-electron chi connectivity index (χ1n) is 3.17. The highest BCUT2D eigenvalue weighted by atomic mass is 16.8. The molecule has 1 atom stereocenters. The molecule has 1 saturated heterocycles. The maximum atomic E-state index is 4.99. The van der Waals surface area contributed by atoms with Crippen molar-refractivity contribution in [2.75, 3.05) is 0 Å². The van der Waals surface area contributed by atoms with Gasteiger partial charge in [-0.05, 0) is 13.0 Å². The normalized spacial score (nSPS) is 30.1. The Morgan fingerprint density at radius 1 is 1.70 bits per heavy atom. The van der Waals surface area contributed by atoms with Crippen molar-refractivity contribution >= 4 is 0 Å². The molecule has 0 amide bonds. The highest BCUT2D eigenvalue weighted by molar-refractivity contribution is 5.18. The fraction of sp³-hybridized carbons (Fsp3) is 0.286. The molecule has 1 aromatic heterocycles. The molecule has 0 bridgehead atoms.